The maximum atomic E-state index is 8.77. The third-order valence-corrected chi connectivity index (χ3v) is 4.87. The van der Waals surface area contributed by atoms with Crippen LogP contribution in [0.1, 0.15) is 18.3 Å². The minimum absolute atomic E-state index is 0.0410. The third-order valence-electron chi connectivity index (χ3n) is 3.99. The highest BCUT2D eigenvalue weighted by Crippen LogP contribution is 2.37. The van der Waals surface area contributed by atoms with E-state index in [1.807, 2.05) is 6.92 Å². The molecule has 132 valence electrons. The Hall–Kier alpha value is -2.02. The normalized spacial score (nSPS) is 11.2. The number of nitrogens with zero attached hydrogens (tertiary/aromatic N) is 2. The Morgan fingerprint density at radius 1 is 1.16 bits per heavy atom. The molecule has 5 nitrogen and oxygen atoms in total. The van der Waals surface area contributed by atoms with Crippen LogP contribution in [0.2, 0.25) is 0 Å². The van der Waals surface area contributed by atoms with E-state index in [9.17, 15) is 0 Å². The van der Waals surface area contributed by atoms with Crippen LogP contribution in [-0.2, 0) is 11.2 Å². The van der Waals surface area contributed by atoms with Crippen molar-refractivity contribution in [1.29, 1.82) is 0 Å². The van der Waals surface area contributed by atoms with Crippen molar-refractivity contribution in [2.24, 2.45) is 0 Å². The minimum Gasteiger partial charge on any atom is -0.394 e. The lowest BCUT2D eigenvalue weighted by Gasteiger charge is -2.10. The predicted molar refractivity (Wildman–Crippen MR) is 103 cm³/mol. The number of anilines is 1. The van der Waals surface area contributed by atoms with Gasteiger partial charge in [-0.15, -0.1) is 11.3 Å². The number of hydrogen-bond donors (Lipinski definition) is 2. The average molecular weight is 357 g/mol. The molecule has 0 unspecified atom stereocenters. The van der Waals surface area contributed by atoms with Crippen molar-refractivity contribution in [3.63, 3.8) is 0 Å². The van der Waals surface area contributed by atoms with Gasteiger partial charge in [-0.05, 0) is 24.5 Å². The fourth-order valence-corrected chi connectivity index (χ4v) is 3.71. The van der Waals surface area contributed by atoms with Crippen LogP contribution in [0.3, 0.4) is 0 Å². The van der Waals surface area contributed by atoms with Gasteiger partial charge < -0.3 is 15.2 Å². The van der Waals surface area contributed by atoms with Crippen molar-refractivity contribution in [1.82, 2.24) is 9.97 Å². The first kappa shape index (κ1) is 17.8. The molecule has 0 aliphatic heterocycles. The number of aromatic nitrogens is 2. The molecule has 0 amide bonds. The molecule has 0 radical (unpaired) electrons. The summed E-state index contributed by atoms with van der Waals surface area (Å²) in [7, 11) is 0. The summed E-state index contributed by atoms with van der Waals surface area (Å²) in [4.78, 5) is 10.2. The van der Waals surface area contributed by atoms with E-state index in [1.165, 1.54) is 11.1 Å². The van der Waals surface area contributed by atoms with Gasteiger partial charge in [0.15, 0.2) is 0 Å². The highest BCUT2D eigenvalue weighted by Gasteiger charge is 2.14. The third kappa shape index (κ3) is 4.15. The highest BCUT2D eigenvalue weighted by atomic mass is 32.1. The molecule has 2 N–H and O–H groups in total. The Morgan fingerprint density at radius 2 is 1.96 bits per heavy atom. The van der Waals surface area contributed by atoms with Crippen molar-refractivity contribution < 1.29 is 9.84 Å². The quantitative estimate of drug-likeness (QED) is 0.602. The summed E-state index contributed by atoms with van der Waals surface area (Å²) in [6, 6.07) is 8.66. The molecule has 1 aromatic carbocycles. The summed E-state index contributed by atoms with van der Waals surface area (Å²) in [6.07, 6.45) is 1.04. The highest BCUT2D eigenvalue weighted by molar-refractivity contribution is 7.17. The molecule has 0 aliphatic rings. The van der Waals surface area contributed by atoms with Gasteiger partial charge in [-0.25, -0.2) is 9.97 Å². The number of rotatable bonds is 8. The number of aryl methyl sites for hydroxylation is 2. The average Bonchev–Trinajstić information content (AvgIpc) is 3.05. The first-order chi connectivity index (χ1) is 12.2. The number of benzene rings is 1. The van der Waals surface area contributed by atoms with Crippen LogP contribution in [0, 0.1) is 6.92 Å². The van der Waals surface area contributed by atoms with Gasteiger partial charge in [0.1, 0.15) is 16.5 Å². The smallest absolute Gasteiger partial charge is 0.139 e. The second-order valence-corrected chi connectivity index (χ2v) is 6.62. The largest absolute Gasteiger partial charge is 0.394 e. The van der Waals surface area contributed by atoms with Crippen LogP contribution >= 0.6 is 11.3 Å². The molecular weight excluding hydrogens is 334 g/mol. The zero-order valence-corrected chi connectivity index (χ0v) is 15.4. The summed E-state index contributed by atoms with van der Waals surface area (Å²) in [6.45, 7) is 5.62. The van der Waals surface area contributed by atoms with Gasteiger partial charge in [0, 0.05) is 17.5 Å². The lowest BCUT2D eigenvalue weighted by atomic mass is 10.0. The number of fused-ring (bicyclic) bond motifs is 1. The number of aliphatic hydroxyl groups is 1. The van der Waals surface area contributed by atoms with E-state index in [1.54, 1.807) is 11.3 Å². The molecule has 0 saturated heterocycles. The zero-order valence-electron chi connectivity index (χ0n) is 14.6. The molecule has 2 heterocycles. The summed E-state index contributed by atoms with van der Waals surface area (Å²) in [5, 5.41) is 15.3. The number of hydrogen-bond acceptors (Lipinski definition) is 6. The maximum absolute atomic E-state index is 8.77. The zero-order chi connectivity index (χ0) is 17.6. The summed E-state index contributed by atoms with van der Waals surface area (Å²) < 4.78 is 5.32. The van der Waals surface area contributed by atoms with Crippen LogP contribution in [0.4, 0.5) is 5.82 Å². The molecule has 0 spiro atoms. The van der Waals surface area contributed by atoms with Crippen molar-refractivity contribution in [2.75, 3.05) is 31.7 Å². The fraction of sp³-hybridized carbons (Fsp3) is 0.368. The molecule has 2 aromatic heterocycles. The SMILES string of the molecule is CCc1ccc(-c2csc3nc(C)nc(NCCOCCO)c23)cc1. The molecule has 3 rings (SSSR count). The molecule has 0 fully saturated rings. The summed E-state index contributed by atoms with van der Waals surface area (Å²) in [5.41, 5.74) is 3.66. The molecule has 3 aromatic rings. The standard InChI is InChI=1S/C19H23N3O2S/c1-3-14-4-6-15(7-5-14)16-12-25-19-17(16)18(21-13(2)22-19)20-8-10-24-11-9-23/h4-7,12,23H,3,8-11H2,1-2H3,(H,20,21,22). The molecule has 0 bridgehead atoms. The van der Waals surface area contributed by atoms with E-state index in [0.29, 0.717) is 19.8 Å². The topological polar surface area (TPSA) is 67.3 Å². The van der Waals surface area contributed by atoms with E-state index in [2.05, 4.69) is 51.9 Å². The lowest BCUT2D eigenvalue weighted by Crippen LogP contribution is -2.12. The van der Waals surface area contributed by atoms with E-state index in [4.69, 9.17) is 9.84 Å². The van der Waals surface area contributed by atoms with Crippen LogP contribution in [-0.4, -0.2) is 41.4 Å². The van der Waals surface area contributed by atoms with Crippen molar-refractivity contribution >= 4 is 27.4 Å². The van der Waals surface area contributed by atoms with E-state index in [0.717, 1.165) is 33.8 Å². The van der Waals surface area contributed by atoms with E-state index < -0.39 is 0 Å². The van der Waals surface area contributed by atoms with E-state index in [-0.39, 0.29) is 6.61 Å². The van der Waals surface area contributed by atoms with Crippen LogP contribution in [0.5, 0.6) is 0 Å². The van der Waals surface area contributed by atoms with Crippen LogP contribution in [0.25, 0.3) is 21.3 Å². The molecular formula is C19H23N3O2S. The molecule has 25 heavy (non-hydrogen) atoms. The number of ether oxygens (including phenoxy) is 1. The Bertz CT molecular complexity index is 831. The second kappa shape index (κ2) is 8.38. The molecule has 6 heteroatoms. The number of nitrogens with one attached hydrogen (secondary N) is 1. The Balaban J connectivity index is 1.91. The van der Waals surface area contributed by atoms with Crippen LogP contribution < -0.4 is 5.32 Å². The van der Waals surface area contributed by atoms with Gasteiger partial charge >= 0.3 is 0 Å². The summed E-state index contributed by atoms with van der Waals surface area (Å²) in [5.74, 6) is 1.59. The number of aliphatic hydroxyl groups excluding tert-OH is 1. The maximum Gasteiger partial charge on any atom is 0.139 e. The van der Waals surface area contributed by atoms with Gasteiger partial charge in [0.05, 0.1) is 25.2 Å². The van der Waals surface area contributed by atoms with E-state index >= 15 is 0 Å². The molecule has 0 aliphatic carbocycles. The van der Waals surface area contributed by atoms with Crippen molar-refractivity contribution in [3.05, 3.63) is 41.0 Å². The van der Waals surface area contributed by atoms with Gasteiger partial charge in [-0.3, -0.25) is 0 Å². The lowest BCUT2D eigenvalue weighted by molar-refractivity contribution is 0.0992. The van der Waals surface area contributed by atoms with Gasteiger partial charge in [-0.2, -0.15) is 0 Å². The minimum atomic E-state index is 0.0410. The van der Waals surface area contributed by atoms with Gasteiger partial charge in [-0.1, -0.05) is 31.2 Å². The monoisotopic (exact) mass is 357 g/mol. The first-order valence-corrected chi connectivity index (χ1v) is 9.38. The predicted octanol–water partition coefficient (Wildman–Crippen LogP) is 3.65. The number of thiophene rings is 1. The molecule has 0 atom stereocenters. The Labute approximate surface area is 151 Å². The first-order valence-electron chi connectivity index (χ1n) is 8.50. The Kier molecular flexibility index (Phi) is 5.96. The van der Waals surface area contributed by atoms with Gasteiger partial charge in [0.25, 0.3) is 0 Å². The van der Waals surface area contributed by atoms with Crippen LogP contribution in [0.15, 0.2) is 29.6 Å². The van der Waals surface area contributed by atoms with Gasteiger partial charge in [0.2, 0.25) is 0 Å². The second-order valence-electron chi connectivity index (χ2n) is 5.76. The van der Waals surface area contributed by atoms with Crippen molar-refractivity contribution in [3.8, 4) is 11.1 Å². The molecule has 0 saturated carbocycles. The fourth-order valence-electron chi connectivity index (χ4n) is 2.72. The van der Waals surface area contributed by atoms with Crippen molar-refractivity contribution in [2.45, 2.75) is 20.3 Å². The summed E-state index contributed by atoms with van der Waals surface area (Å²) >= 11 is 1.64. The Morgan fingerprint density at radius 3 is 2.68 bits per heavy atom.